The Kier molecular flexibility index (Phi) is 8.10. The number of benzene rings is 2. The fraction of sp³-hybridized carbons (Fsp3) is 0.414. The molecule has 0 radical (unpaired) electrons. The number of likely N-dealkylation sites (N-methyl/N-ethyl adjacent to an activating group) is 1. The highest BCUT2D eigenvalue weighted by Crippen LogP contribution is 2.46. The van der Waals surface area contributed by atoms with Crippen LogP contribution in [-0.4, -0.2) is 59.6 Å². The molecule has 3 amide bonds. The van der Waals surface area contributed by atoms with Gasteiger partial charge in [0.1, 0.15) is 0 Å². The SMILES string of the molecule is C[C@H](/C=C/CC(=O)N(CCO)Cc1ccccc1)[C@@]1(O)C(=O)N(C)c2ccc(N3CCCCC3=O)cc21. The molecular formula is C29H35N3O5. The summed E-state index contributed by atoms with van der Waals surface area (Å²) in [6.45, 7) is 2.83. The van der Waals surface area contributed by atoms with E-state index in [1.807, 2.05) is 36.4 Å². The van der Waals surface area contributed by atoms with Crippen molar-refractivity contribution in [2.75, 3.05) is 36.5 Å². The number of rotatable bonds is 9. The van der Waals surface area contributed by atoms with Crippen LogP contribution in [0.1, 0.15) is 43.7 Å². The topological polar surface area (TPSA) is 101 Å². The Morgan fingerprint density at radius 1 is 1.16 bits per heavy atom. The Morgan fingerprint density at radius 2 is 1.92 bits per heavy atom. The predicted octanol–water partition coefficient (Wildman–Crippen LogP) is 2.97. The van der Waals surface area contributed by atoms with Gasteiger partial charge in [0.2, 0.25) is 11.8 Å². The van der Waals surface area contributed by atoms with E-state index in [9.17, 15) is 24.6 Å². The van der Waals surface area contributed by atoms with Gasteiger partial charge in [-0.15, -0.1) is 0 Å². The molecule has 1 fully saturated rings. The summed E-state index contributed by atoms with van der Waals surface area (Å²) in [6.07, 6.45) is 5.71. The van der Waals surface area contributed by atoms with Crippen molar-refractivity contribution >= 4 is 29.1 Å². The number of carbonyl (C=O) groups excluding carboxylic acids is 3. The van der Waals surface area contributed by atoms with Crippen LogP contribution in [0.5, 0.6) is 0 Å². The van der Waals surface area contributed by atoms with Gasteiger partial charge >= 0.3 is 0 Å². The van der Waals surface area contributed by atoms with Crippen molar-refractivity contribution in [2.45, 2.75) is 44.8 Å². The van der Waals surface area contributed by atoms with Crippen LogP contribution in [0, 0.1) is 5.92 Å². The molecule has 0 unspecified atom stereocenters. The molecule has 8 nitrogen and oxygen atoms in total. The lowest BCUT2D eigenvalue weighted by atomic mass is 9.82. The molecule has 2 atom stereocenters. The van der Waals surface area contributed by atoms with Gasteiger partial charge in [0, 0.05) is 56.7 Å². The highest BCUT2D eigenvalue weighted by Gasteiger charge is 2.51. The maximum atomic E-state index is 13.2. The molecule has 2 aromatic rings. The minimum atomic E-state index is -1.81. The summed E-state index contributed by atoms with van der Waals surface area (Å²) in [6, 6.07) is 14.9. The standard InChI is InChI=1S/C29H35N3O5/c1-21(9-8-13-26(34)31(17-18-33)20-22-10-4-3-5-11-22)29(37)24-19-23(32-16-7-6-12-27(32)35)14-15-25(24)30(2)28(29)36/h3-5,8-11,14-15,19,21,33,37H,6-7,12-13,16-18,20H2,1-2H3/b9-8+/t21-,29+/m1/s1. The number of carbonyl (C=O) groups is 3. The molecule has 0 spiro atoms. The van der Waals surface area contributed by atoms with Gasteiger partial charge in [0.05, 0.1) is 12.3 Å². The summed E-state index contributed by atoms with van der Waals surface area (Å²) >= 11 is 0. The Labute approximate surface area is 217 Å². The lowest BCUT2D eigenvalue weighted by molar-refractivity contribution is -0.139. The fourth-order valence-corrected chi connectivity index (χ4v) is 5.15. The molecule has 37 heavy (non-hydrogen) atoms. The van der Waals surface area contributed by atoms with E-state index in [0.29, 0.717) is 36.4 Å². The van der Waals surface area contributed by atoms with Gasteiger partial charge < -0.3 is 24.9 Å². The largest absolute Gasteiger partial charge is 0.395 e. The lowest BCUT2D eigenvalue weighted by Crippen LogP contribution is -2.43. The zero-order chi connectivity index (χ0) is 26.6. The highest BCUT2D eigenvalue weighted by molar-refractivity contribution is 6.07. The molecule has 4 rings (SSSR count). The average Bonchev–Trinajstić information content (AvgIpc) is 3.10. The van der Waals surface area contributed by atoms with Crippen molar-refractivity contribution in [3.63, 3.8) is 0 Å². The van der Waals surface area contributed by atoms with Crippen molar-refractivity contribution in [1.82, 2.24) is 4.90 Å². The zero-order valence-electron chi connectivity index (χ0n) is 21.5. The van der Waals surface area contributed by atoms with Gasteiger partial charge in [-0.25, -0.2) is 0 Å². The molecule has 2 N–H and O–H groups in total. The summed E-state index contributed by atoms with van der Waals surface area (Å²) in [5.41, 5.74) is 0.902. The number of nitrogens with zero attached hydrogens (tertiary/aromatic N) is 3. The molecular weight excluding hydrogens is 470 g/mol. The summed E-state index contributed by atoms with van der Waals surface area (Å²) in [5, 5.41) is 21.1. The number of anilines is 2. The first kappa shape index (κ1) is 26.6. The summed E-state index contributed by atoms with van der Waals surface area (Å²) in [7, 11) is 1.63. The second-order valence-corrected chi connectivity index (χ2v) is 9.78. The van der Waals surface area contributed by atoms with Crippen molar-refractivity contribution in [3.8, 4) is 0 Å². The molecule has 2 heterocycles. The minimum Gasteiger partial charge on any atom is -0.395 e. The Balaban J connectivity index is 1.51. The Morgan fingerprint density at radius 3 is 2.62 bits per heavy atom. The maximum absolute atomic E-state index is 13.2. The first-order chi connectivity index (χ1) is 17.8. The molecule has 2 aliphatic rings. The van der Waals surface area contributed by atoms with Gasteiger partial charge in [0.25, 0.3) is 5.91 Å². The number of aliphatic hydroxyl groups is 2. The molecule has 196 valence electrons. The lowest BCUT2D eigenvalue weighted by Gasteiger charge is -2.30. The van der Waals surface area contributed by atoms with Crippen LogP contribution < -0.4 is 9.80 Å². The number of aliphatic hydroxyl groups excluding tert-OH is 1. The molecule has 0 saturated carbocycles. The van der Waals surface area contributed by atoms with Crippen LogP contribution in [0.2, 0.25) is 0 Å². The summed E-state index contributed by atoms with van der Waals surface area (Å²) in [4.78, 5) is 43.3. The molecule has 8 heteroatoms. The summed E-state index contributed by atoms with van der Waals surface area (Å²) < 4.78 is 0. The molecule has 0 aromatic heterocycles. The second kappa shape index (κ2) is 11.3. The number of piperidine rings is 1. The van der Waals surface area contributed by atoms with E-state index in [1.165, 1.54) is 4.90 Å². The van der Waals surface area contributed by atoms with Crippen molar-refractivity contribution in [3.05, 3.63) is 71.8 Å². The molecule has 0 bridgehead atoms. The third-order valence-corrected chi connectivity index (χ3v) is 7.33. The average molecular weight is 506 g/mol. The van der Waals surface area contributed by atoms with Gasteiger partial charge in [-0.3, -0.25) is 14.4 Å². The van der Waals surface area contributed by atoms with Crippen LogP contribution in [0.3, 0.4) is 0 Å². The van der Waals surface area contributed by atoms with E-state index >= 15 is 0 Å². The number of fused-ring (bicyclic) bond motifs is 1. The molecule has 2 aliphatic heterocycles. The van der Waals surface area contributed by atoms with Crippen molar-refractivity contribution in [1.29, 1.82) is 0 Å². The van der Waals surface area contributed by atoms with Gasteiger partial charge in [-0.05, 0) is 36.6 Å². The van der Waals surface area contributed by atoms with Crippen molar-refractivity contribution in [2.24, 2.45) is 5.92 Å². The number of hydrogen-bond donors (Lipinski definition) is 2. The molecule has 1 saturated heterocycles. The zero-order valence-corrected chi connectivity index (χ0v) is 21.5. The van der Waals surface area contributed by atoms with E-state index in [1.54, 1.807) is 48.1 Å². The van der Waals surface area contributed by atoms with Crippen LogP contribution in [0.15, 0.2) is 60.7 Å². The number of hydrogen-bond acceptors (Lipinski definition) is 5. The maximum Gasteiger partial charge on any atom is 0.264 e. The Hall–Kier alpha value is -3.49. The normalized spacial score (nSPS) is 20.4. The first-order valence-electron chi connectivity index (χ1n) is 12.8. The smallest absolute Gasteiger partial charge is 0.264 e. The van der Waals surface area contributed by atoms with Crippen LogP contribution in [-0.2, 0) is 26.5 Å². The minimum absolute atomic E-state index is 0.0433. The third-order valence-electron chi connectivity index (χ3n) is 7.33. The second-order valence-electron chi connectivity index (χ2n) is 9.78. The highest BCUT2D eigenvalue weighted by atomic mass is 16.3. The molecule has 2 aromatic carbocycles. The fourth-order valence-electron chi connectivity index (χ4n) is 5.15. The van der Waals surface area contributed by atoms with E-state index < -0.39 is 17.4 Å². The monoisotopic (exact) mass is 505 g/mol. The first-order valence-corrected chi connectivity index (χ1v) is 12.8. The third kappa shape index (κ3) is 5.31. The summed E-state index contributed by atoms with van der Waals surface area (Å²) in [5.74, 6) is -1.18. The Bertz CT molecular complexity index is 1180. The van der Waals surface area contributed by atoms with E-state index in [4.69, 9.17) is 0 Å². The van der Waals surface area contributed by atoms with E-state index in [2.05, 4.69) is 0 Å². The van der Waals surface area contributed by atoms with Crippen molar-refractivity contribution < 1.29 is 24.6 Å². The van der Waals surface area contributed by atoms with Gasteiger partial charge in [-0.1, -0.05) is 49.4 Å². The van der Waals surface area contributed by atoms with E-state index in [0.717, 1.165) is 18.4 Å². The molecule has 0 aliphatic carbocycles. The quantitative estimate of drug-likeness (QED) is 0.511. The van der Waals surface area contributed by atoms with Gasteiger partial charge in [-0.2, -0.15) is 0 Å². The van der Waals surface area contributed by atoms with Crippen LogP contribution in [0.4, 0.5) is 11.4 Å². The van der Waals surface area contributed by atoms with Gasteiger partial charge in [0.15, 0.2) is 5.60 Å². The number of amides is 3. The van der Waals surface area contributed by atoms with E-state index in [-0.39, 0.29) is 31.4 Å². The van der Waals surface area contributed by atoms with Crippen LogP contribution in [0.25, 0.3) is 0 Å². The predicted molar refractivity (Wildman–Crippen MR) is 142 cm³/mol. The van der Waals surface area contributed by atoms with Crippen LogP contribution >= 0.6 is 0 Å².